The number of aromatic amines is 1. The Labute approximate surface area is 132 Å². The van der Waals surface area contributed by atoms with Crippen molar-refractivity contribution in [3.63, 3.8) is 0 Å². The van der Waals surface area contributed by atoms with Crippen LogP contribution in [0.1, 0.15) is 26.1 Å². The van der Waals surface area contributed by atoms with Gasteiger partial charge in [0.1, 0.15) is 5.82 Å². The molecule has 0 aliphatic carbocycles. The maximum absolute atomic E-state index is 4.58. The zero-order chi connectivity index (χ0) is 15.8. The molecule has 2 aromatic rings. The number of hydrogen-bond acceptors (Lipinski definition) is 2. The minimum Gasteiger partial charge on any atom is -0.357 e. The molecule has 0 fully saturated rings. The Morgan fingerprint density at radius 1 is 1.27 bits per heavy atom. The SMILES string of the molecule is CCCN=C(NCC)N(C)Cc1ncc(-c2ccccc2)[nH]1. The molecule has 2 rings (SSSR count). The fraction of sp³-hybridized carbons (Fsp3) is 0.412. The Morgan fingerprint density at radius 2 is 2.05 bits per heavy atom. The van der Waals surface area contributed by atoms with E-state index in [-0.39, 0.29) is 0 Å². The summed E-state index contributed by atoms with van der Waals surface area (Å²) in [5.74, 6) is 1.85. The van der Waals surface area contributed by atoms with Crippen molar-refractivity contribution in [1.82, 2.24) is 20.2 Å². The number of aromatic nitrogens is 2. The van der Waals surface area contributed by atoms with Gasteiger partial charge in [-0.2, -0.15) is 0 Å². The molecule has 0 spiro atoms. The van der Waals surface area contributed by atoms with E-state index in [1.54, 1.807) is 0 Å². The van der Waals surface area contributed by atoms with Gasteiger partial charge in [0, 0.05) is 20.1 Å². The van der Waals surface area contributed by atoms with Crippen molar-refractivity contribution >= 4 is 5.96 Å². The number of imidazole rings is 1. The van der Waals surface area contributed by atoms with Crippen LogP contribution in [-0.4, -0.2) is 41.0 Å². The van der Waals surface area contributed by atoms with Crippen molar-refractivity contribution < 1.29 is 0 Å². The van der Waals surface area contributed by atoms with Crippen LogP contribution in [0.4, 0.5) is 0 Å². The van der Waals surface area contributed by atoms with E-state index in [1.807, 2.05) is 31.4 Å². The van der Waals surface area contributed by atoms with Gasteiger partial charge in [0.2, 0.25) is 0 Å². The number of nitrogens with zero attached hydrogens (tertiary/aromatic N) is 3. The highest BCUT2D eigenvalue weighted by molar-refractivity contribution is 5.79. The molecular weight excluding hydrogens is 274 g/mol. The predicted octanol–water partition coefficient (Wildman–Crippen LogP) is 2.88. The molecule has 1 aromatic carbocycles. The number of aliphatic imine (C=N–C) groups is 1. The maximum Gasteiger partial charge on any atom is 0.194 e. The first-order chi connectivity index (χ1) is 10.7. The largest absolute Gasteiger partial charge is 0.357 e. The van der Waals surface area contributed by atoms with E-state index in [0.29, 0.717) is 6.54 Å². The highest BCUT2D eigenvalue weighted by atomic mass is 15.3. The lowest BCUT2D eigenvalue weighted by atomic mass is 10.2. The standard InChI is InChI=1S/C17H25N5/c1-4-11-19-17(18-5-2)22(3)13-16-20-12-15(21-16)14-9-7-6-8-10-14/h6-10,12H,4-5,11,13H2,1-3H3,(H,18,19)(H,20,21). The van der Waals surface area contributed by atoms with Crippen molar-refractivity contribution in [2.45, 2.75) is 26.8 Å². The van der Waals surface area contributed by atoms with Gasteiger partial charge >= 0.3 is 0 Å². The van der Waals surface area contributed by atoms with E-state index in [2.05, 4.69) is 51.2 Å². The molecule has 0 radical (unpaired) electrons. The molecule has 0 unspecified atom stereocenters. The first kappa shape index (κ1) is 16.1. The Balaban J connectivity index is 2.05. The lowest BCUT2D eigenvalue weighted by Gasteiger charge is -2.20. The van der Waals surface area contributed by atoms with Gasteiger partial charge in [-0.1, -0.05) is 37.3 Å². The molecule has 22 heavy (non-hydrogen) atoms. The van der Waals surface area contributed by atoms with E-state index in [1.165, 1.54) is 0 Å². The van der Waals surface area contributed by atoms with Crippen LogP contribution < -0.4 is 5.32 Å². The molecule has 0 saturated carbocycles. The molecule has 2 N–H and O–H groups in total. The van der Waals surface area contributed by atoms with Gasteiger partial charge in [0.05, 0.1) is 18.4 Å². The monoisotopic (exact) mass is 299 g/mol. The third-order valence-corrected chi connectivity index (χ3v) is 3.28. The van der Waals surface area contributed by atoms with Gasteiger partial charge in [-0.25, -0.2) is 4.98 Å². The Kier molecular flexibility index (Phi) is 6.01. The first-order valence-corrected chi connectivity index (χ1v) is 7.83. The van der Waals surface area contributed by atoms with E-state index in [9.17, 15) is 0 Å². The summed E-state index contributed by atoms with van der Waals surface area (Å²) < 4.78 is 0. The molecule has 0 bridgehead atoms. The van der Waals surface area contributed by atoms with Crippen LogP contribution in [0.3, 0.4) is 0 Å². The number of H-pyrrole nitrogens is 1. The number of guanidine groups is 1. The van der Waals surface area contributed by atoms with E-state index >= 15 is 0 Å². The molecule has 0 atom stereocenters. The number of nitrogens with one attached hydrogen (secondary N) is 2. The van der Waals surface area contributed by atoms with Gasteiger partial charge < -0.3 is 15.2 Å². The lowest BCUT2D eigenvalue weighted by Crippen LogP contribution is -2.38. The van der Waals surface area contributed by atoms with Crippen LogP contribution in [0, 0.1) is 0 Å². The van der Waals surface area contributed by atoms with Crippen LogP contribution in [0.5, 0.6) is 0 Å². The van der Waals surface area contributed by atoms with Gasteiger partial charge in [0.25, 0.3) is 0 Å². The molecule has 1 heterocycles. The highest BCUT2D eigenvalue weighted by Crippen LogP contribution is 2.16. The highest BCUT2D eigenvalue weighted by Gasteiger charge is 2.09. The van der Waals surface area contributed by atoms with Crippen molar-refractivity contribution in [3.8, 4) is 11.3 Å². The lowest BCUT2D eigenvalue weighted by molar-refractivity contribution is 0.464. The fourth-order valence-electron chi connectivity index (χ4n) is 2.19. The Bertz CT molecular complexity index is 588. The van der Waals surface area contributed by atoms with E-state index in [0.717, 1.165) is 42.6 Å². The normalized spacial score (nSPS) is 11.5. The quantitative estimate of drug-likeness (QED) is 0.637. The molecule has 1 aromatic heterocycles. The summed E-state index contributed by atoms with van der Waals surface area (Å²) in [6.45, 7) is 6.60. The molecule has 0 amide bonds. The smallest absolute Gasteiger partial charge is 0.194 e. The molecule has 5 nitrogen and oxygen atoms in total. The zero-order valence-electron chi connectivity index (χ0n) is 13.6. The molecule has 118 valence electrons. The molecule has 5 heteroatoms. The fourth-order valence-corrected chi connectivity index (χ4v) is 2.19. The number of benzene rings is 1. The van der Waals surface area contributed by atoms with Crippen LogP contribution in [0.25, 0.3) is 11.3 Å². The predicted molar refractivity (Wildman–Crippen MR) is 91.8 cm³/mol. The van der Waals surface area contributed by atoms with Crippen LogP contribution in [0.15, 0.2) is 41.5 Å². The summed E-state index contributed by atoms with van der Waals surface area (Å²) in [5, 5.41) is 3.31. The van der Waals surface area contributed by atoms with Crippen molar-refractivity contribution in [3.05, 3.63) is 42.4 Å². The number of hydrogen-bond donors (Lipinski definition) is 2. The third kappa shape index (κ3) is 4.35. The summed E-state index contributed by atoms with van der Waals surface area (Å²) in [5.41, 5.74) is 2.19. The van der Waals surface area contributed by atoms with E-state index in [4.69, 9.17) is 0 Å². The van der Waals surface area contributed by atoms with Crippen LogP contribution in [-0.2, 0) is 6.54 Å². The average Bonchev–Trinajstić information content (AvgIpc) is 3.00. The third-order valence-electron chi connectivity index (χ3n) is 3.28. The molecular formula is C17H25N5. The topological polar surface area (TPSA) is 56.3 Å². The Hall–Kier alpha value is -2.30. The zero-order valence-corrected chi connectivity index (χ0v) is 13.6. The minimum absolute atomic E-state index is 0.697. The van der Waals surface area contributed by atoms with Crippen LogP contribution in [0.2, 0.25) is 0 Å². The van der Waals surface area contributed by atoms with Crippen molar-refractivity contribution in [2.24, 2.45) is 4.99 Å². The van der Waals surface area contributed by atoms with Crippen molar-refractivity contribution in [1.29, 1.82) is 0 Å². The molecule has 0 aliphatic heterocycles. The summed E-state index contributed by atoms with van der Waals surface area (Å²) >= 11 is 0. The maximum atomic E-state index is 4.58. The second-order valence-corrected chi connectivity index (χ2v) is 5.20. The minimum atomic E-state index is 0.697. The number of rotatable bonds is 6. The van der Waals surface area contributed by atoms with Gasteiger partial charge in [-0.15, -0.1) is 0 Å². The first-order valence-electron chi connectivity index (χ1n) is 7.83. The van der Waals surface area contributed by atoms with E-state index < -0.39 is 0 Å². The van der Waals surface area contributed by atoms with Crippen molar-refractivity contribution in [2.75, 3.05) is 20.1 Å². The van der Waals surface area contributed by atoms with Gasteiger partial charge in [-0.05, 0) is 18.9 Å². The summed E-state index contributed by atoms with van der Waals surface area (Å²) in [6, 6.07) is 10.2. The summed E-state index contributed by atoms with van der Waals surface area (Å²) in [6.07, 6.45) is 2.93. The second-order valence-electron chi connectivity index (χ2n) is 5.20. The molecule has 0 aliphatic rings. The second kappa shape index (κ2) is 8.22. The Morgan fingerprint density at radius 3 is 2.73 bits per heavy atom. The molecule has 0 saturated heterocycles. The van der Waals surface area contributed by atoms with Crippen LogP contribution >= 0.6 is 0 Å². The summed E-state index contributed by atoms with van der Waals surface area (Å²) in [7, 11) is 2.03. The average molecular weight is 299 g/mol. The van der Waals surface area contributed by atoms with Gasteiger partial charge in [-0.3, -0.25) is 4.99 Å². The van der Waals surface area contributed by atoms with Gasteiger partial charge in [0.15, 0.2) is 5.96 Å². The summed E-state index contributed by atoms with van der Waals surface area (Å²) in [4.78, 5) is 14.5.